The topological polar surface area (TPSA) is 26.3 Å². The molecule has 0 aliphatic heterocycles. The van der Waals surface area contributed by atoms with Crippen molar-refractivity contribution in [2.75, 3.05) is 0 Å². The summed E-state index contributed by atoms with van der Waals surface area (Å²) in [5, 5.41) is 0. The van der Waals surface area contributed by atoms with Gasteiger partial charge < -0.3 is 11.2 Å². The molecular formula is C14H23O2Rf-. The summed E-state index contributed by atoms with van der Waals surface area (Å²) >= 11 is 0. The zero-order valence-corrected chi connectivity index (χ0v) is 17.4. The summed E-state index contributed by atoms with van der Waals surface area (Å²) in [5.74, 6) is 1.08. The van der Waals surface area contributed by atoms with Crippen molar-refractivity contribution in [3.63, 3.8) is 0 Å². The number of rotatable bonds is 2. The molecule has 0 heterocycles. The molecular weight excluding hydrogens is 467 g/mol. The van der Waals surface area contributed by atoms with Crippen LogP contribution in [0.5, 0.6) is 0 Å². The van der Waals surface area contributed by atoms with Gasteiger partial charge in [0, 0.05) is 0 Å². The Hall–Kier alpha value is -1.53. The Kier molecular flexibility index (Phi) is 4.99. The van der Waals surface area contributed by atoms with Gasteiger partial charge in [0.05, 0.1) is 5.92 Å². The minimum absolute atomic E-state index is 0. The van der Waals surface area contributed by atoms with E-state index in [4.69, 9.17) is 4.74 Å². The third kappa shape index (κ3) is 3.76. The molecule has 94 valence electrons. The largest absolute Gasteiger partial charge is 0.462 e. The molecule has 2 rings (SSSR count). The third-order valence-electron chi connectivity index (χ3n) is 4.02. The van der Waals surface area contributed by atoms with E-state index >= 15 is 0 Å². The summed E-state index contributed by atoms with van der Waals surface area (Å²) in [6, 6.07) is 0. The van der Waals surface area contributed by atoms with Crippen molar-refractivity contribution in [2.24, 2.45) is 11.8 Å². The van der Waals surface area contributed by atoms with Gasteiger partial charge in [0.2, 0.25) is 0 Å². The van der Waals surface area contributed by atoms with Crippen LogP contribution in [0.4, 0.5) is 0 Å². The van der Waals surface area contributed by atoms with Crippen LogP contribution in [-0.4, -0.2) is 12.1 Å². The number of ether oxygens (including phenoxy) is 1. The van der Waals surface area contributed by atoms with Gasteiger partial charge in [-0.3, -0.25) is 4.79 Å². The molecule has 17 heavy (non-hydrogen) atoms. The number of hydrogen-bond acceptors (Lipinski definition) is 2. The fraction of sp³-hybridized carbons (Fsp3) is 0.857. The van der Waals surface area contributed by atoms with E-state index in [1.54, 1.807) is 0 Å². The molecule has 0 saturated heterocycles. The molecule has 2 nitrogen and oxygen atoms in total. The maximum Gasteiger partial charge on any atom is 0.309 e. The first-order valence-corrected chi connectivity index (χ1v) is 6.78. The third-order valence-corrected chi connectivity index (χ3v) is 4.02. The maximum absolute atomic E-state index is 11.9. The quantitative estimate of drug-likeness (QED) is 0.438. The Labute approximate surface area is 98.7 Å². The summed E-state index contributed by atoms with van der Waals surface area (Å²) in [4.78, 5) is 11.9. The summed E-state index contributed by atoms with van der Waals surface area (Å²) in [5.41, 5.74) is 0. The van der Waals surface area contributed by atoms with Crippen LogP contribution in [-0.2, 0) is 9.53 Å². The van der Waals surface area contributed by atoms with Crippen LogP contribution in [0.25, 0.3) is 0 Å². The fourth-order valence-electron chi connectivity index (χ4n) is 2.77. The summed E-state index contributed by atoms with van der Waals surface area (Å²) < 4.78 is 5.63. The standard InChI is InChI=1S/C14H23O2.Rf/c1-11-7-9-13(10-8-11)16-14(15)12-5-3-2-4-6-12;/h2,11-13H,3-10H2,1H3;/q-1;. The van der Waals surface area contributed by atoms with Crippen LogP contribution >= 0.6 is 0 Å². The van der Waals surface area contributed by atoms with E-state index < -0.39 is 0 Å². The molecule has 2 saturated carbocycles. The minimum Gasteiger partial charge on any atom is -0.462 e. The smallest absolute Gasteiger partial charge is 0.309 e. The van der Waals surface area contributed by atoms with Gasteiger partial charge in [0.25, 0.3) is 0 Å². The van der Waals surface area contributed by atoms with E-state index in [0.29, 0.717) is 0 Å². The van der Waals surface area contributed by atoms with Crippen LogP contribution in [0.3, 0.4) is 0 Å². The second-order valence-electron chi connectivity index (χ2n) is 5.46. The van der Waals surface area contributed by atoms with Crippen molar-refractivity contribution in [3.8, 4) is 0 Å². The normalized spacial score (nSPS) is 30.4. The number of carbonyl (C=O) groups is 1. The molecule has 0 aromatic heterocycles. The molecule has 0 N–H and O–H groups in total. The van der Waals surface area contributed by atoms with Crippen molar-refractivity contribution in [3.05, 3.63) is 6.42 Å². The van der Waals surface area contributed by atoms with E-state index in [-0.39, 0.29) is 18.0 Å². The van der Waals surface area contributed by atoms with E-state index in [1.807, 2.05) is 0 Å². The van der Waals surface area contributed by atoms with E-state index in [9.17, 15) is 4.79 Å². The number of carbonyl (C=O) groups excluding carboxylic acids is 1. The van der Waals surface area contributed by atoms with Crippen LogP contribution in [0.1, 0.15) is 58.3 Å². The van der Waals surface area contributed by atoms with E-state index in [1.165, 1.54) is 12.8 Å². The molecule has 0 spiro atoms. The molecule has 3 heteroatoms. The maximum atomic E-state index is 11.9. The summed E-state index contributed by atoms with van der Waals surface area (Å²) in [6.45, 7) is 2.29. The first kappa shape index (κ1) is 13.5. The average molecular weight is 490 g/mol. The van der Waals surface area contributed by atoms with Crippen molar-refractivity contribution in [1.82, 2.24) is 0 Å². The van der Waals surface area contributed by atoms with Gasteiger partial charge in [0.15, 0.2) is 0 Å². The molecule has 0 aromatic rings. The molecule has 0 atom stereocenters. The SMILES string of the molecule is CC1CCC(OC(=O)C2CC[CH-]CC2)CC1.[Rf]. The van der Waals surface area contributed by atoms with Gasteiger partial charge >= 0.3 is 5.97 Å². The Morgan fingerprint density at radius 1 is 1.06 bits per heavy atom. The van der Waals surface area contributed by atoms with Crippen LogP contribution < -0.4 is 0 Å². The predicted molar refractivity (Wildman–Crippen MR) is 63.8 cm³/mol. The fourth-order valence-corrected chi connectivity index (χ4v) is 2.77. The Morgan fingerprint density at radius 2 is 1.65 bits per heavy atom. The Morgan fingerprint density at radius 3 is 2.24 bits per heavy atom. The second-order valence-corrected chi connectivity index (χ2v) is 5.46. The van der Waals surface area contributed by atoms with E-state index in [0.717, 1.165) is 44.4 Å². The van der Waals surface area contributed by atoms with Crippen molar-refractivity contribution < 1.29 is 9.53 Å². The molecule has 2 aliphatic carbocycles. The molecule has 2 fully saturated rings. The zero-order valence-electron chi connectivity index (χ0n) is 11.0. The molecule has 0 unspecified atom stereocenters. The Balaban J connectivity index is 0.00000144. The van der Waals surface area contributed by atoms with Crippen molar-refractivity contribution >= 4 is 5.97 Å². The van der Waals surface area contributed by atoms with Crippen molar-refractivity contribution in [1.29, 1.82) is 0 Å². The van der Waals surface area contributed by atoms with Gasteiger partial charge in [-0.15, -0.1) is 0 Å². The van der Waals surface area contributed by atoms with E-state index in [2.05, 4.69) is 13.3 Å². The molecule has 2 aliphatic rings. The molecule has 0 radical (unpaired) electrons. The van der Waals surface area contributed by atoms with Crippen molar-refractivity contribution in [2.45, 2.75) is 64.4 Å². The minimum atomic E-state index is 0. The predicted octanol–water partition coefficient (Wildman–Crippen LogP) is 3.50. The summed E-state index contributed by atoms with van der Waals surface area (Å²) in [7, 11) is 0. The van der Waals surface area contributed by atoms with Gasteiger partial charge in [0.1, 0.15) is 6.10 Å². The summed E-state index contributed by atoms with van der Waals surface area (Å²) in [6.07, 6.45) is 11.3. The monoisotopic (exact) mass is 490 g/mol. The van der Waals surface area contributed by atoms with Gasteiger partial charge in [-0.05, 0) is 31.6 Å². The Bertz CT molecular complexity index is 228. The van der Waals surface area contributed by atoms with Gasteiger partial charge in [-0.25, -0.2) is 0 Å². The molecule has 0 amide bonds. The van der Waals surface area contributed by atoms with Gasteiger partial charge in [-0.1, -0.05) is 19.8 Å². The number of esters is 1. The first-order valence-electron chi connectivity index (χ1n) is 6.78. The zero-order chi connectivity index (χ0) is 11.4. The van der Waals surface area contributed by atoms with Crippen LogP contribution in [0.2, 0.25) is 0 Å². The second kappa shape index (κ2) is 6.27. The average Bonchev–Trinajstić information content (AvgIpc) is 2.33. The van der Waals surface area contributed by atoms with Crippen LogP contribution in [0.15, 0.2) is 0 Å². The first-order chi connectivity index (χ1) is 7.75. The molecule has 0 bridgehead atoms. The van der Waals surface area contributed by atoms with Gasteiger partial charge in [-0.2, -0.15) is 12.8 Å². The number of hydrogen-bond donors (Lipinski definition) is 0. The van der Waals surface area contributed by atoms with Crippen LogP contribution in [0, 0.1) is 18.3 Å². The molecule has 0 aromatic carbocycles.